The van der Waals surface area contributed by atoms with Crippen LogP contribution in [-0.4, -0.2) is 39.6 Å². The quantitative estimate of drug-likeness (QED) is 0.727. The van der Waals surface area contributed by atoms with E-state index in [0.717, 1.165) is 7.11 Å². The van der Waals surface area contributed by atoms with Gasteiger partial charge in [0.1, 0.15) is 6.04 Å². The maximum Gasteiger partial charge on any atom is 0.346 e. The van der Waals surface area contributed by atoms with Crippen molar-refractivity contribution in [2.45, 2.75) is 37.8 Å². The highest BCUT2D eigenvalue weighted by molar-refractivity contribution is 7.89. The lowest BCUT2D eigenvalue weighted by Gasteiger charge is -2.22. The van der Waals surface area contributed by atoms with E-state index in [1.807, 2.05) is 0 Å². The predicted molar refractivity (Wildman–Crippen MR) is 88.0 cm³/mol. The van der Waals surface area contributed by atoms with Crippen molar-refractivity contribution in [2.75, 3.05) is 7.11 Å². The van der Waals surface area contributed by atoms with Gasteiger partial charge in [-0.05, 0) is 37.1 Å². The van der Waals surface area contributed by atoms with Gasteiger partial charge < -0.3 is 9.47 Å². The summed E-state index contributed by atoms with van der Waals surface area (Å²) in [7, 11) is -2.79. The third-order valence-electron chi connectivity index (χ3n) is 3.15. The summed E-state index contributed by atoms with van der Waals surface area (Å²) in [5.41, 5.74) is 0. The minimum Gasteiger partial charge on any atom is -0.466 e. The first-order valence-electron chi connectivity index (χ1n) is 7.14. The Hall–Kier alpha value is -1.64. The lowest BCUT2D eigenvalue weighted by Crippen LogP contribution is -2.46. The Kier molecular flexibility index (Phi) is 7.19. The van der Waals surface area contributed by atoms with Crippen molar-refractivity contribution < 1.29 is 27.5 Å². The number of benzene rings is 1. The lowest BCUT2D eigenvalue weighted by molar-refractivity contribution is -0.166. The lowest BCUT2D eigenvalue weighted by atomic mass is 10.1. The molecule has 0 aliphatic carbocycles. The third-order valence-corrected chi connectivity index (χ3v) is 4.86. The van der Waals surface area contributed by atoms with Crippen LogP contribution in [0.2, 0.25) is 5.02 Å². The van der Waals surface area contributed by atoms with Crippen molar-refractivity contribution in [1.82, 2.24) is 4.72 Å². The smallest absolute Gasteiger partial charge is 0.346 e. The first-order valence-corrected chi connectivity index (χ1v) is 9.00. The van der Waals surface area contributed by atoms with E-state index in [9.17, 15) is 18.0 Å². The third kappa shape index (κ3) is 5.47. The van der Waals surface area contributed by atoms with Gasteiger partial charge in [0.2, 0.25) is 10.0 Å². The number of halogens is 1. The predicted octanol–water partition coefficient (Wildman–Crippen LogP) is 1.75. The highest BCUT2D eigenvalue weighted by Crippen LogP contribution is 2.16. The number of ether oxygens (including phenoxy) is 2. The summed E-state index contributed by atoms with van der Waals surface area (Å²) < 4.78 is 36.5. The molecule has 0 radical (unpaired) electrons. The number of esters is 2. The maximum absolute atomic E-state index is 12.4. The molecule has 1 N–H and O–H groups in total. The standard InChI is InChI=1S/C15H20ClNO6S/c1-9(2)13(15(19)23-10(3)14(18)22-4)17-24(20,21)12-7-5-11(16)6-8-12/h5-10,13,17H,1-4H3/t10-,13-/m1/s1. The minimum absolute atomic E-state index is 0.0358. The summed E-state index contributed by atoms with van der Waals surface area (Å²) >= 11 is 5.74. The van der Waals surface area contributed by atoms with Crippen molar-refractivity contribution in [2.24, 2.45) is 5.92 Å². The molecule has 9 heteroatoms. The van der Waals surface area contributed by atoms with Gasteiger partial charge in [-0.2, -0.15) is 4.72 Å². The molecule has 0 saturated heterocycles. The summed E-state index contributed by atoms with van der Waals surface area (Å²) in [5.74, 6) is -1.99. The Bertz CT molecular complexity index is 686. The molecule has 1 rings (SSSR count). The Balaban J connectivity index is 2.94. The fourth-order valence-electron chi connectivity index (χ4n) is 1.77. The van der Waals surface area contributed by atoms with Gasteiger partial charge in [-0.25, -0.2) is 13.2 Å². The number of hydrogen-bond acceptors (Lipinski definition) is 6. The summed E-state index contributed by atoms with van der Waals surface area (Å²) in [6.07, 6.45) is -1.14. The SMILES string of the molecule is COC(=O)[C@@H](C)OC(=O)[C@H](NS(=O)(=O)c1ccc(Cl)cc1)C(C)C. The molecule has 0 amide bonds. The van der Waals surface area contributed by atoms with Crippen LogP contribution in [0.3, 0.4) is 0 Å². The van der Waals surface area contributed by atoms with Crippen LogP contribution in [0.5, 0.6) is 0 Å². The fraction of sp³-hybridized carbons (Fsp3) is 0.467. The molecule has 0 saturated carbocycles. The Morgan fingerprint density at radius 3 is 2.08 bits per heavy atom. The number of sulfonamides is 1. The van der Waals surface area contributed by atoms with Crippen LogP contribution in [0.25, 0.3) is 0 Å². The molecule has 0 aromatic heterocycles. The largest absolute Gasteiger partial charge is 0.466 e. The molecule has 0 spiro atoms. The zero-order valence-electron chi connectivity index (χ0n) is 13.8. The maximum atomic E-state index is 12.4. The van der Waals surface area contributed by atoms with Gasteiger partial charge in [0.15, 0.2) is 6.10 Å². The molecule has 0 aliphatic rings. The molecule has 0 unspecified atom stereocenters. The van der Waals surface area contributed by atoms with E-state index in [1.54, 1.807) is 13.8 Å². The van der Waals surface area contributed by atoms with Crippen molar-refractivity contribution in [3.05, 3.63) is 29.3 Å². The molecule has 0 aliphatic heterocycles. The van der Waals surface area contributed by atoms with Crippen molar-refractivity contribution in [1.29, 1.82) is 0 Å². The van der Waals surface area contributed by atoms with E-state index in [1.165, 1.54) is 31.2 Å². The number of carbonyl (C=O) groups is 2. The molecule has 134 valence electrons. The van der Waals surface area contributed by atoms with E-state index >= 15 is 0 Å². The van der Waals surface area contributed by atoms with Crippen LogP contribution in [0.1, 0.15) is 20.8 Å². The minimum atomic E-state index is -3.95. The Labute approximate surface area is 146 Å². The average Bonchev–Trinajstić information content (AvgIpc) is 2.51. The second kappa shape index (κ2) is 8.46. The molecule has 1 aromatic rings. The Morgan fingerprint density at radius 2 is 1.62 bits per heavy atom. The van der Waals surface area contributed by atoms with Gasteiger partial charge in [-0.1, -0.05) is 25.4 Å². The first kappa shape index (κ1) is 20.4. The topological polar surface area (TPSA) is 98.8 Å². The summed E-state index contributed by atoms with van der Waals surface area (Å²) in [4.78, 5) is 23.5. The average molecular weight is 378 g/mol. The molecule has 24 heavy (non-hydrogen) atoms. The van der Waals surface area contributed by atoms with Crippen LogP contribution in [0, 0.1) is 5.92 Å². The molecule has 1 aromatic carbocycles. The second-order valence-corrected chi connectivity index (χ2v) is 7.55. The molecule has 0 heterocycles. The zero-order valence-corrected chi connectivity index (χ0v) is 15.3. The normalized spacial score (nSPS) is 14.1. The van der Waals surface area contributed by atoms with E-state index in [2.05, 4.69) is 9.46 Å². The van der Waals surface area contributed by atoms with E-state index < -0.39 is 40.0 Å². The summed E-state index contributed by atoms with van der Waals surface area (Å²) in [6.45, 7) is 4.65. The number of rotatable bonds is 7. The molecule has 0 bridgehead atoms. The van der Waals surface area contributed by atoms with Crippen molar-refractivity contribution >= 4 is 33.6 Å². The zero-order chi connectivity index (χ0) is 18.5. The number of hydrogen-bond donors (Lipinski definition) is 1. The van der Waals surface area contributed by atoms with Gasteiger partial charge >= 0.3 is 11.9 Å². The van der Waals surface area contributed by atoms with Crippen LogP contribution in [0.15, 0.2) is 29.2 Å². The summed E-state index contributed by atoms with van der Waals surface area (Å²) in [6, 6.07) is 4.35. The fourth-order valence-corrected chi connectivity index (χ4v) is 3.23. The Morgan fingerprint density at radius 1 is 1.08 bits per heavy atom. The number of methoxy groups -OCH3 is 1. The molecule has 7 nitrogen and oxygen atoms in total. The molecular weight excluding hydrogens is 358 g/mol. The van der Waals surface area contributed by atoms with Gasteiger partial charge in [-0.15, -0.1) is 0 Å². The van der Waals surface area contributed by atoms with Gasteiger partial charge in [-0.3, -0.25) is 4.79 Å². The highest BCUT2D eigenvalue weighted by Gasteiger charge is 2.32. The van der Waals surface area contributed by atoms with E-state index in [0.29, 0.717) is 5.02 Å². The van der Waals surface area contributed by atoms with E-state index in [-0.39, 0.29) is 4.90 Å². The monoisotopic (exact) mass is 377 g/mol. The van der Waals surface area contributed by atoms with Crippen LogP contribution < -0.4 is 4.72 Å². The van der Waals surface area contributed by atoms with Crippen LogP contribution in [-0.2, 0) is 29.1 Å². The number of carbonyl (C=O) groups excluding carboxylic acids is 2. The van der Waals surface area contributed by atoms with Gasteiger partial charge in [0.25, 0.3) is 0 Å². The van der Waals surface area contributed by atoms with Crippen LogP contribution >= 0.6 is 11.6 Å². The highest BCUT2D eigenvalue weighted by atomic mass is 35.5. The van der Waals surface area contributed by atoms with Gasteiger partial charge in [0, 0.05) is 5.02 Å². The second-order valence-electron chi connectivity index (χ2n) is 5.40. The van der Waals surface area contributed by atoms with E-state index in [4.69, 9.17) is 16.3 Å². The van der Waals surface area contributed by atoms with Crippen LogP contribution in [0.4, 0.5) is 0 Å². The summed E-state index contributed by atoms with van der Waals surface area (Å²) in [5, 5.41) is 0.390. The van der Waals surface area contributed by atoms with Crippen molar-refractivity contribution in [3.8, 4) is 0 Å². The molecule has 0 fully saturated rings. The van der Waals surface area contributed by atoms with Crippen molar-refractivity contribution in [3.63, 3.8) is 0 Å². The molecule has 2 atom stereocenters. The van der Waals surface area contributed by atoms with Gasteiger partial charge in [0.05, 0.1) is 12.0 Å². The first-order chi connectivity index (χ1) is 11.1. The molecular formula is C15H20ClNO6S. The number of nitrogens with one attached hydrogen (secondary N) is 1.